The Hall–Kier alpha value is -1.29. The normalized spacial score (nSPS) is 10.6. The highest BCUT2D eigenvalue weighted by molar-refractivity contribution is 6.60. The second kappa shape index (κ2) is 33.6. The standard InChI is InChI=1S/C8H20O3Si.C6H16O3Si.C5H8O2.C4H12O3Si.C4H6O2/c1-5-9-12(8-4,10-6-2)11-7-3;1-5-8-10(4,7-3)9-6-2;1-4(2)5(6)7-3;1-5-8(4,6-2)7-3;1-3-4(5)6-2/h5-8H2,1-4H3;5-6H2,1-4H3;1H2,2-3H3;1-4H3;3H,1H2,2H3. The molecule has 0 N–H and O–H groups in total. The molecule has 0 amide bonds. The zero-order chi connectivity index (χ0) is 35.0. The molecule has 0 saturated heterocycles. The van der Waals surface area contributed by atoms with Gasteiger partial charge in [-0.2, -0.15) is 0 Å². The van der Waals surface area contributed by atoms with Crippen LogP contribution in [0.25, 0.3) is 0 Å². The van der Waals surface area contributed by atoms with Crippen molar-refractivity contribution in [2.24, 2.45) is 0 Å². The second-order valence-corrected chi connectivity index (χ2v) is 16.3. The minimum atomic E-state index is -2.27. The first-order valence-corrected chi connectivity index (χ1v) is 20.3. The number of rotatable bonds is 17. The molecule has 0 aliphatic carbocycles. The summed E-state index contributed by atoms with van der Waals surface area (Å²) < 4.78 is 55.6. The molecule has 0 unspecified atom stereocenters. The van der Waals surface area contributed by atoms with Gasteiger partial charge in [0.1, 0.15) is 0 Å². The van der Waals surface area contributed by atoms with Gasteiger partial charge in [-0.3, -0.25) is 0 Å². The number of methoxy groups -OCH3 is 2. The van der Waals surface area contributed by atoms with Crippen molar-refractivity contribution in [2.45, 2.75) is 67.6 Å². The summed E-state index contributed by atoms with van der Waals surface area (Å²) in [6.07, 6.45) is 1.11. The van der Waals surface area contributed by atoms with Crippen LogP contribution in [0.3, 0.4) is 0 Å². The van der Waals surface area contributed by atoms with E-state index in [2.05, 4.69) is 22.6 Å². The van der Waals surface area contributed by atoms with Gasteiger partial charge in [0.2, 0.25) is 0 Å². The fourth-order valence-corrected chi connectivity index (χ4v) is 6.33. The van der Waals surface area contributed by atoms with Crippen molar-refractivity contribution >= 4 is 38.4 Å². The predicted octanol–water partition coefficient (Wildman–Crippen LogP) is 4.90. The van der Waals surface area contributed by atoms with Gasteiger partial charge in [0, 0.05) is 92.3 Å². The van der Waals surface area contributed by atoms with Crippen molar-refractivity contribution < 1.29 is 58.9 Å². The first-order valence-electron chi connectivity index (χ1n) is 13.9. The van der Waals surface area contributed by atoms with Crippen LogP contribution in [0, 0.1) is 0 Å². The maximum atomic E-state index is 10.2. The van der Waals surface area contributed by atoms with E-state index in [9.17, 15) is 9.59 Å². The molecule has 0 radical (unpaired) electrons. The quantitative estimate of drug-likeness (QED) is 0.117. The maximum Gasteiger partial charge on any atom is 0.500 e. The first-order chi connectivity index (χ1) is 20.1. The molecule has 0 saturated carbocycles. The van der Waals surface area contributed by atoms with Gasteiger partial charge in [0.25, 0.3) is 0 Å². The zero-order valence-corrected chi connectivity index (χ0v) is 32.5. The second-order valence-electron chi connectivity index (χ2n) is 7.74. The lowest BCUT2D eigenvalue weighted by Crippen LogP contribution is -2.45. The van der Waals surface area contributed by atoms with Crippen molar-refractivity contribution in [1.82, 2.24) is 0 Å². The molecule has 0 aromatic heterocycles. The van der Waals surface area contributed by atoms with E-state index in [-0.39, 0.29) is 5.97 Å². The van der Waals surface area contributed by atoms with Crippen LogP contribution in [-0.2, 0) is 58.9 Å². The molecular weight excluding hydrogens is 617 g/mol. The number of carbonyl (C=O) groups excluding carboxylic acids is 2. The van der Waals surface area contributed by atoms with E-state index in [4.69, 9.17) is 39.8 Å². The van der Waals surface area contributed by atoms with Gasteiger partial charge < -0.3 is 49.3 Å². The molecule has 16 heteroatoms. The molecule has 260 valence electrons. The van der Waals surface area contributed by atoms with Gasteiger partial charge >= 0.3 is 38.4 Å². The Morgan fingerprint density at radius 1 is 0.605 bits per heavy atom. The van der Waals surface area contributed by atoms with Crippen molar-refractivity contribution in [3.05, 3.63) is 24.8 Å². The average Bonchev–Trinajstić information content (AvgIpc) is 3.01. The molecular formula is C27H62O13Si3. The van der Waals surface area contributed by atoms with Gasteiger partial charge in [0.05, 0.1) is 14.2 Å². The smallest absolute Gasteiger partial charge is 0.466 e. The maximum absolute atomic E-state index is 10.2. The third-order valence-electron chi connectivity index (χ3n) is 4.72. The minimum absolute atomic E-state index is 0.347. The third kappa shape index (κ3) is 31.9. The van der Waals surface area contributed by atoms with Gasteiger partial charge in [0.15, 0.2) is 0 Å². The average molecular weight is 679 g/mol. The highest BCUT2D eigenvalue weighted by Gasteiger charge is 2.37. The summed E-state index contributed by atoms with van der Waals surface area (Å²) in [7, 11) is 2.35. The van der Waals surface area contributed by atoms with Crippen molar-refractivity contribution in [1.29, 1.82) is 0 Å². The summed E-state index contributed by atoms with van der Waals surface area (Å²) in [5.41, 5.74) is 0.433. The number of esters is 2. The van der Waals surface area contributed by atoms with Crippen LogP contribution >= 0.6 is 0 Å². The number of ether oxygens (including phenoxy) is 2. The van der Waals surface area contributed by atoms with E-state index in [0.29, 0.717) is 38.6 Å². The van der Waals surface area contributed by atoms with E-state index < -0.39 is 32.4 Å². The van der Waals surface area contributed by atoms with E-state index in [1.54, 1.807) is 35.4 Å². The lowest BCUT2D eigenvalue weighted by molar-refractivity contribution is -0.136. The van der Waals surface area contributed by atoms with Gasteiger partial charge in [-0.05, 0) is 41.5 Å². The van der Waals surface area contributed by atoms with E-state index in [1.807, 2.05) is 54.6 Å². The van der Waals surface area contributed by atoms with E-state index in [0.717, 1.165) is 12.1 Å². The Balaban J connectivity index is -0.000000143. The van der Waals surface area contributed by atoms with Crippen LogP contribution in [0.15, 0.2) is 24.8 Å². The van der Waals surface area contributed by atoms with Gasteiger partial charge in [-0.15, -0.1) is 0 Å². The highest BCUT2D eigenvalue weighted by atomic mass is 28.4. The molecule has 13 nitrogen and oxygen atoms in total. The Morgan fingerprint density at radius 3 is 1.02 bits per heavy atom. The van der Waals surface area contributed by atoms with Gasteiger partial charge in [-0.1, -0.05) is 20.1 Å². The lowest BCUT2D eigenvalue weighted by Gasteiger charge is -2.26. The van der Waals surface area contributed by atoms with Crippen molar-refractivity contribution in [2.75, 3.05) is 75.7 Å². The molecule has 0 aromatic rings. The molecule has 0 aliphatic heterocycles. The lowest BCUT2D eigenvalue weighted by atomic mass is 10.4. The molecule has 0 aliphatic rings. The van der Waals surface area contributed by atoms with Crippen LogP contribution in [0.5, 0.6) is 0 Å². The monoisotopic (exact) mass is 678 g/mol. The summed E-state index contributed by atoms with van der Waals surface area (Å²) in [6, 6.07) is 0.850. The SMILES string of the molecule is C=C(C)C(=O)OC.C=CC(=O)OC.CCO[Si](C)(OC)OCC.CCO[Si](CC)(OCC)OCC.CO[Si](C)(OC)OC. The van der Waals surface area contributed by atoms with Gasteiger partial charge in [-0.25, -0.2) is 9.59 Å². The Kier molecular flexibility index (Phi) is 40.1. The van der Waals surface area contributed by atoms with Crippen LogP contribution in [0.1, 0.15) is 48.5 Å². The van der Waals surface area contributed by atoms with Crippen molar-refractivity contribution in [3.8, 4) is 0 Å². The molecule has 0 bridgehead atoms. The molecule has 0 atom stereocenters. The number of hydrogen-bond acceptors (Lipinski definition) is 13. The third-order valence-corrected chi connectivity index (χ3v) is 12.4. The molecule has 0 heterocycles. The molecule has 0 spiro atoms. The Morgan fingerprint density at radius 2 is 0.930 bits per heavy atom. The molecule has 43 heavy (non-hydrogen) atoms. The zero-order valence-electron chi connectivity index (χ0n) is 29.5. The molecule has 0 fully saturated rings. The first kappa shape index (κ1) is 51.3. The minimum Gasteiger partial charge on any atom is -0.466 e. The van der Waals surface area contributed by atoms with Crippen LogP contribution in [-0.4, -0.2) is 114 Å². The fraction of sp³-hybridized carbons (Fsp3) is 0.778. The molecule has 0 aromatic carbocycles. The van der Waals surface area contributed by atoms with E-state index >= 15 is 0 Å². The topological polar surface area (TPSA) is 136 Å². The summed E-state index contributed by atoms with van der Waals surface area (Å²) in [6.45, 7) is 26.9. The highest BCUT2D eigenvalue weighted by Crippen LogP contribution is 2.14. The van der Waals surface area contributed by atoms with E-state index in [1.165, 1.54) is 14.2 Å². The largest absolute Gasteiger partial charge is 0.500 e. The fourth-order valence-electron chi connectivity index (χ4n) is 2.28. The number of hydrogen-bond donors (Lipinski definition) is 0. The Labute approximate surface area is 265 Å². The van der Waals surface area contributed by atoms with Crippen LogP contribution in [0.4, 0.5) is 0 Å². The predicted molar refractivity (Wildman–Crippen MR) is 175 cm³/mol. The van der Waals surface area contributed by atoms with Crippen LogP contribution in [0.2, 0.25) is 19.1 Å². The Bertz CT molecular complexity index is 647. The summed E-state index contributed by atoms with van der Waals surface area (Å²) in [4.78, 5) is 20.0. The van der Waals surface area contributed by atoms with Crippen LogP contribution < -0.4 is 0 Å². The summed E-state index contributed by atoms with van der Waals surface area (Å²) in [5, 5.41) is 0. The van der Waals surface area contributed by atoms with Crippen molar-refractivity contribution in [3.63, 3.8) is 0 Å². The molecule has 0 rings (SSSR count). The number of carbonyl (C=O) groups is 2. The summed E-state index contributed by atoms with van der Waals surface area (Å²) >= 11 is 0. The summed E-state index contributed by atoms with van der Waals surface area (Å²) in [5.74, 6) is -0.741.